The van der Waals surface area contributed by atoms with Crippen molar-refractivity contribution in [2.45, 2.75) is 12.5 Å². The van der Waals surface area contributed by atoms with Crippen molar-refractivity contribution in [1.82, 2.24) is 0 Å². The van der Waals surface area contributed by atoms with Crippen molar-refractivity contribution in [2.75, 3.05) is 0 Å². The lowest BCUT2D eigenvalue weighted by Crippen LogP contribution is -2.10. The summed E-state index contributed by atoms with van der Waals surface area (Å²) in [6, 6.07) is 3.43. The first-order chi connectivity index (χ1) is 4.83. The zero-order valence-corrected chi connectivity index (χ0v) is 5.36. The van der Waals surface area contributed by atoms with E-state index in [1.807, 2.05) is 0 Å². The van der Waals surface area contributed by atoms with E-state index < -0.39 is 6.10 Å². The predicted molar refractivity (Wildman–Crippen MR) is 34.5 cm³/mol. The Morgan fingerprint density at radius 1 is 1.80 bits per heavy atom. The van der Waals surface area contributed by atoms with Crippen LogP contribution in [0, 0.1) is 0 Å². The lowest BCUT2D eigenvalue weighted by atomic mass is 10.2. The number of aldehydes is 1. The molecule has 1 rings (SSSR count). The molecule has 0 aliphatic rings. The molecule has 3 heteroatoms. The zero-order chi connectivity index (χ0) is 7.40. The van der Waals surface area contributed by atoms with E-state index in [4.69, 9.17) is 9.52 Å². The second-order valence-electron chi connectivity index (χ2n) is 1.99. The van der Waals surface area contributed by atoms with Crippen molar-refractivity contribution in [3.05, 3.63) is 24.2 Å². The SMILES string of the molecule is O=CC(O)Cc1ccco1. The van der Waals surface area contributed by atoms with Gasteiger partial charge in [0.25, 0.3) is 0 Å². The standard InChI is InChI=1S/C7H8O3/c8-5-6(9)4-7-2-1-3-10-7/h1-3,5-6,9H,4H2. The topological polar surface area (TPSA) is 50.4 Å². The molecule has 1 aromatic rings. The van der Waals surface area contributed by atoms with Crippen LogP contribution in [0.2, 0.25) is 0 Å². The minimum absolute atomic E-state index is 0.260. The molecule has 1 unspecified atom stereocenters. The summed E-state index contributed by atoms with van der Waals surface area (Å²) in [5.41, 5.74) is 0. The third-order valence-corrected chi connectivity index (χ3v) is 1.15. The normalized spacial score (nSPS) is 12.9. The van der Waals surface area contributed by atoms with Crippen molar-refractivity contribution < 1.29 is 14.3 Å². The number of aliphatic hydroxyl groups is 1. The number of rotatable bonds is 3. The predicted octanol–water partition coefficient (Wildman–Crippen LogP) is 0.382. The molecule has 0 saturated heterocycles. The molecular weight excluding hydrogens is 132 g/mol. The van der Waals surface area contributed by atoms with Gasteiger partial charge in [-0.2, -0.15) is 0 Å². The van der Waals surface area contributed by atoms with Gasteiger partial charge in [-0.1, -0.05) is 0 Å². The Kier molecular flexibility index (Phi) is 2.23. The van der Waals surface area contributed by atoms with E-state index in [-0.39, 0.29) is 6.42 Å². The van der Waals surface area contributed by atoms with Gasteiger partial charge >= 0.3 is 0 Å². The smallest absolute Gasteiger partial charge is 0.148 e. The Morgan fingerprint density at radius 2 is 2.60 bits per heavy atom. The summed E-state index contributed by atoms with van der Waals surface area (Å²) in [4.78, 5) is 9.94. The molecule has 0 aliphatic carbocycles. The molecule has 10 heavy (non-hydrogen) atoms. The average molecular weight is 140 g/mol. The van der Waals surface area contributed by atoms with Crippen molar-refractivity contribution >= 4 is 6.29 Å². The quantitative estimate of drug-likeness (QED) is 0.617. The number of carbonyl (C=O) groups excluding carboxylic acids is 1. The molecule has 0 radical (unpaired) electrons. The number of hydrogen-bond donors (Lipinski definition) is 1. The molecule has 1 heterocycles. The number of furan rings is 1. The number of carbonyl (C=O) groups is 1. The van der Waals surface area contributed by atoms with Gasteiger partial charge in [0.2, 0.25) is 0 Å². The van der Waals surface area contributed by atoms with E-state index >= 15 is 0 Å². The Bertz CT molecular complexity index is 191. The van der Waals surface area contributed by atoms with Crippen LogP contribution in [0.1, 0.15) is 5.76 Å². The molecule has 1 N–H and O–H groups in total. The van der Waals surface area contributed by atoms with Crippen LogP contribution in [0.3, 0.4) is 0 Å². The first kappa shape index (κ1) is 7.02. The van der Waals surface area contributed by atoms with E-state index in [0.29, 0.717) is 12.0 Å². The summed E-state index contributed by atoms with van der Waals surface area (Å²) >= 11 is 0. The fourth-order valence-corrected chi connectivity index (χ4v) is 0.683. The maximum atomic E-state index is 9.94. The van der Waals surface area contributed by atoms with Crippen LogP contribution in [0.25, 0.3) is 0 Å². The summed E-state index contributed by atoms with van der Waals surface area (Å²) in [6.07, 6.45) is 1.32. The maximum absolute atomic E-state index is 9.94. The summed E-state index contributed by atoms with van der Waals surface area (Å²) in [5.74, 6) is 0.625. The highest BCUT2D eigenvalue weighted by molar-refractivity contribution is 5.55. The Balaban J connectivity index is 2.47. The van der Waals surface area contributed by atoms with E-state index in [1.165, 1.54) is 6.26 Å². The van der Waals surface area contributed by atoms with Crippen LogP contribution >= 0.6 is 0 Å². The van der Waals surface area contributed by atoms with Gasteiger partial charge in [0.15, 0.2) is 0 Å². The highest BCUT2D eigenvalue weighted by Crippen LogP contribution is 2.02. The molecule has 0 aromatic carbocycles. The van der Waals surface area contributed by atoms with Gasteiger partial charge in [-0.15, -0.1) is 0 Å². The monoisotopic (exact) mass is 140 g/mol. The first-order valence-electron chi connectivity index (χ1n) is 2.98. The summed E-state index contributed by atoms with van der Waals surface area (Å²) in [7, 11) is 0. The summed E-state index contributed by atoms with van der Waals surface area (Å²) in [5, 5.41) is 8.80. The van der Waals surface area contributed by atoms with Crippen molar-refractivity contribution in [1.29, 1.82) is 0 Å². The van der Waals surface area contributed by atoms with Gasteiger partial charge in [0, 0.05) is 6.42 Å². The van der Waals surface area contributed by atoms with Crippen LogP contribution < -0.4 is 0 Å². The van der Waals surface area contributed by atoms with Crippen molar-refractivity contribution in [2.24, 2.45) is 0 Å². The van der Waals surface area contributed by atoms with Gasteiger partial charge < -0.3 is 14.3 Å². The van der Waals surface area contributed by atoms with Gasteiger partial charge in [0.05, 0.1) is 6.26 Å². The highest BCUT2D eigenvalue weighted by atomic mass is 16.3. The van der Waals surface area contributed by atoms with E-state index in [9.17, 15) is 4.79 Å². The van der Waals surface area contributed by atoms with E-state index in [2.05, 4.69) is 0 Å². The fraction of sp³-hybridized carbons (Fsp3) is 0.286. The average Bonchev–Trinajstić information content (AvgIpc) is 2.40. The van der Waals surface area contributed by atoms with Crippen LogP contribution in [-0.2, 0) is 11.2 Å². The van der Waals surface area contributed by atoms with Crippen LogP contribution in [0.4, 0.5) is 0 Å². The zero-order valence-electron chi connectivity index (χ0n) is 5.36. The van der Waals surface area contributed by atoms with Gasteiger partial charge in [-0.3, -0.25) is 0 Å². The minimum atomic E-state index is -0.939. The van der Waals surface area contributed by atoms with Gasteiger partial charge in [0.1, 0.15) is 18.2 Å². The summed E-state index contributed by atoms with van der Waals surface area (Å²) < 4.78 is 4.89. The van der Waals surface area contributed by atoms with Crippen molar-refractivity contribution in [3.63, 3.8) is 0 Å². The third-order valence-electron chi connectivity index (χ3n) is 1.15. The molecule has 0 bridgehead atoms. The molecule has 0 aliphatic heterocycles. The minimum Gasteiger partial charge on any atom is -0.469 e. The lowest BCUT2D eigenvalue weighted by Gasteiger charge is -1.96. The number of hydrogen-bond acceptors (Lipinski definition) is 3. The lowest BCUT2D eigenvalue weighted by molar-refractivity contribution is -0.114. The first-order valence-corrected chi connectivity index (χ1v) is 2.98. The largest absolute Gasteiger partial charge is 0.469 e. The molecule has 0 spiro atoms. The highest BCUT2D eigenvalue weighted by Gasteiger charge is 2.04. The molecule has 3 nitrogen and oxygen atoms in total. The van der Waals surface area contributed by atoms with Crippen LogP contribution in [-0.4, -0.2) is 17.5 Å². The van der Waals surface area contributed by atoms with Crippen molar-refractivity contribution in [3.8, 4) is 0 Å². The molecule has 0 saturated carbocycles. The Hall–Kier alpha value is -1.09. The molecule has 0 amide bonds. The maximum Gasteiger partial charge on any atom is 0.148 e. The van der Waals surface area contributed by atoms with Crippen LogP contribution in [0.5, 0.6) is 0 Å². The molecule has 54 valence electrons. The van der Waals surface area contributed by atoms with E-state index in [1.54, 1.807) is 12.1 Å². The van der Waals surface area contributed by atoms with Crippen LogP contribution in [0.15, 0.2) is 22.8 Å². The third kappa shape index (κ3) is 1.70. The summed E-state index contributed by atoms with van der Waals surface area (Å²) in [6.45, 7) is 0. The Morgan fingerprint density at radius 3 is 3.10 bits per heavy atom. The Labute approximate surface area is 58.3 Å². The molecule has 0 fully saturated rings. The molecule has 1 aromatic heterocycles. The van der Waals surface area contributed by atoms with Gasteiger partial charge in [-0.05, 0) is 12.1 Å². The second-order valence-corrected chi connectivity index (χ2v) is 1.99. The van der Waals surface area contributed by atoms with Gasteiger partial charge in [-0.25, -0.2) is 0 Å². The number of aliphatic hydroxyl groups excluding tert-OH is 1. The molecule has 1 atom stereocenters. The molecular formula is C7H8O3. The van der Waals surface area contributed by atoms with E-state index in [0.717, 1.165) is 0 Å². The fourth-order valence-electron chi connectivity index (χ4n) is 0.683. The second kappa shape index (κ2) is 3.17.